The van der Waals surface area contributed by atoms with Crippen LogP contribution in [-0.2, 0) is 0 Å². The zero-order valence-electron chi connectivity index (χ0n) is 15.2. The molecular weight excluding hydrogens is 362 g/mol. The summed E-state index contributed by atoms with van der Waals surface area (Å²) < 4.78 is 10.7. The molecule has 0 saturated carbocycles. The van der Waals surface area contributed by atoms with E-state index < -0.39 is 4.92 Å². The van der Waals surface area contributed by atoms with Crippen molar-refractivity contribution in [2.45, 2.75) is 6.92 Å². The van der Waals surface area contributed by atoms with Crippen LogP contribution in [-0.4, -0.2) is 24.2 Å². The molecular formula is C20H17N3O5. The van der Waals surface area contributed by atoms with Crippen LogP contribution in [0.4, 0.5) is 5.69 Å². The van der Waals surface area contributed by atoms with Crippen LogP contribution in [0, 0.1) is 17.0 Å². The van der Waals surface area contributed by atoms with E-state index in [-0.39, 0.29) is 11.6 Å². The molecule has 142 valence electrons. The van der Waals surface area contributed by atoms with Gasteiger partial charge in [0.15, 0.2) is 0 Å². The van der Waals surface area contributed by atoms with Gasteiger partial charge < -0.3 is 9.15 Å². The molecule has 0 aliphatic rings. The molecule has 0 spiro atoms. The number of ether oxygens (including phenoxy) is 1. The smallest absolute Gasteiger partial charge is 0.271 e. The Morgan fingerprint density at radius 3 is 2.57 bits per heavy atom. The van der Waals surface area contributed by atoms with Gasteiger partial charge in [-0.3, -0.25) is 14.9 Å². The van der Waals surface area contributed by atoms with Crippen LogP contribution in [0.15, 0.2) is 64.1 Å². The maximum absolute atomic E-state index is 12.0. The van der Waals surface area contributed by atoms with E-state index >= 15 is 0 Å². The average molecular weight is 379 g/mol. The van der Waals surface area contributed by atoms with Gasteiger partial charge in [0.2, 0.25) is 0 Å². The second kappa shape index (κ2) is 8.17. The molecule has 0 bridgehead atoms. The highest BCUT2D eigenvalue weighted by Crippen LogP contribution is 2.28. The lowest BCUT2D eigenvalue weighted by Gasteiger charge is -2.02. The lowest BCUT2D eigenvalue weighted by molar-refractivity contribution is -0.384. The Bertz CT molecular complexity index is 1040. The summed E-state index contributed by atoms with van der Waals surface area (Å²) in [7, 11) is 1.55. The van der Waals surface area contributed by atoms with E-state index in [1.807, 2.05) is 0 Å². The van der Waals surface area contributed by atoms with Crippen molar-refractivity contribution in [3.63, 3.8) is 0 Å². The molecule has 8 nitrogen and oxygen atoms in total. The summed E-state index contributed by atoms with van der Waals surface area (Å²) in [5.41, 5.74) is 4.35. The van der Waals surface area contributed by atoms with E-state index in [2.05, 4.69) is 10.5 Å². The standard InChI is InChI=1S/C20H17N3O5/c1-13-11-15(23(25)26)5-9-18(13)19-10-8-17(28-19)12-21-22-20(24)14-3-6-16(27-2)7-4-14/h3-12H,1-2H3,(H,22,24). The van der Waals surface area contributed by atoms with Gasteiger partial charge in [0.1, 0.15) is 17.3 Å². The van der Waals surface area contributed by atoms with Crippen LogP contribution in [0.3, 0.4) is 0 Å². The van der Waals surface area contributed by atoms with Gasteiger partial charge in [0.25, 0.3) is 11.6 Å². The molecule has 8 heteroatoms. The van der Waals surface area contributed by atoms with Crippen molar-refractivity contribution in [3.8, 4) is 17.1 Å². The molecule has 3 rings (SSSR count). The van der Waals surface area contributed by atoms with Crippen molar-refractivity contribution < 1.29 is 18.9 Å². The summed E-state index contributed by atoms with van der Waals surface area (Å²) in [5.74, 6) is 1.28. The largest absolute Gasteiger partial charge is 0.497 e. The zero-order valence-corrected chi connectivity index (χ0v) is 15.2. The van der Waals surface area contributed by atoms with Gasteiger partial charge in [-0.25, -0.2) is 5.43 Å². The van der Waals surface area contributed by atoms with Crippen LogP contribution in [0.1, 0.15) is 21.7 Å². The van der Waals surface area contributed by atoms with Gasteiger partial charge in [-0.15, -0.1) is 0 Å². The van der Waals surface area contributed by atoms with E-state index in [0.29, 0.717) is 22.8 Å². The molecule has 0 aliphatic carbocycles. The Morgan fingerprint density at radius 1 is 1.18 bits per heavy atom. The number of aryl methyl sites for hydroxylation is 1. The Kier molecular flexibility index (Phi) is 5.50. The minimum Gasteiger partial charge on any atom is -0.497 e. The number of hydrogen-bond donors (Lipinski definition) is 1. The first-order valence-electron chi connectivity index (χ1n) is 8.30. The molecule has 0 saturated heterocycles. The van der Waals surface area contributed by atoms with Gasteiger partial charge in [-0.05, 0) is 55.0 Å². The summed E-state index contributed by atoms with van der Waals surface area (Å²) in [4.78, 5) is 22.4. The van der Waals surface area contributed by atoms with Gasteiger partial charge in [-0.2, -0.15) is 5.10 Å². The molecule has 0 unspecified atom stereocenters. The molecule has 0 aliphatic heterocycles. The fraction of sp³-hybridized carbons (Fsp3) is 0.100. The molecule has 0 fully saturated rings. The van der Waals surface area contributed by atoms with Crippen molar-refractivity contribution in [1.29, 1.82) is 0 Å². The Morgan fingerprint density at radius 2 is 1.93 bits per heavy atom. The molecule has 1 amide bonds. The van der Waals surface area contributed by atoms with Crippen LogP contribution in [0.5, 0.6) is 5.75 Å². The SMILES string of the molecule is COc1ccc(C(=O)NN=Cc2ccc(-c3ccc([N+](=O)[O-])cc3C)o2)cc1. The van der Waals surface area contributed by atoms with Crippen molar-refractivity contribution in [3.05, 3.63) is 81.6 Å². The minimum absolute atomic E-state index is 0.0239. The van der Waals surface area contributed by atoms with E-state index in [0.717, 1.165) is 11.1 Å². The highest BCUT2D eigenvalue weighted by atomic mass is 16.6. The second-order valence-corrected chi connectivity index (χ2v) is 5.89. The molecule has 2 aromatic carbocycles. The number of furan rings is 1. The van der Waals surface area contributed by atoms with Crippen molar-refractivity contribution in [1.82, 2.24) is 5.43 Å². The first-order chi connectivity index (χ1) is 13.5. The van der Waals surface area contributed by atoms with E-state index in [1.54, 1.807) is 56.5 Å². The predicted molar refractivity (Wildman–Crippen MR) is 104 cm³/mol. The summed E-state index contributed by atoms with van der Waals surface area (Å²) in [6, 6.07) is 14.6. The predicted octanol–water partition coefficient (Wildman–Crippen LogP) is 3.94. The third kappa shape index (κ3) is 4.24. The molecule has 0 atom stereocenters. The number of nitro benzene ring substituents is 1. The third-order valence-electron chi connectivity index (χ3n) is 4.02. The number of benzene rings is 2. The highest BCUT2D eigenvalue weighted by molar-refractivity contribution is 5.94. The van der Waals surface area contributed by atoms with Crippen LogP contribution >= 0.6 is 0 Å². The Labute approximate surface area is 160 Å². The number of hydrazone groups is 1. The maximum atomic E-state index is 12.0. The summed E-state index contributed by atoms with van der Waals surface area (Å²) >= 11 is 0. The lowest BCUT2D eigenvalue weighted by atomic mass is 10.1. The van der Waals surface area contributed by atoms with Gasteiger partial charge in [0, 0.05) is 23.3 Å². The first kappa shape index (κ1) is 18.8. The van der Waals surface area contributed by atoms with E-state index in [9.17, 15) is 14.9 Å². The molecule has 3 aromatic rings. The number of hydrogen-bond acceptors (Lipinski definition) is 6. The van der Waals surface area contributed by atoms with Crippen LogP contribution in [0.2, 0.25) is 0 Å². The topological polar surface area (TPSA) is 107 Å². The normalized spacial score (nSPS) is 10.8. The van der Waals surface area contributed by atoms with Gasteiger partial charge >= 0.3 is 0 Å². The fourth-order valence-corrected chi connectivity index (χ4v) is 2.57. The number of carbonyl (C=O) groups excluding carboxylic acids is 1. The van der Waals surface area contributed by atoms with E-state index in [1.165, 1.54) is 18.3 Å². The molecule has 0 radical (unpaired) electrons. The van der Waals surface area contributed by atoms with Crippen molar-refractivity contribution in [2.24, 2.45) is 5.10 Å². The van der Waals surface area contributed by atoms with E-state index in [4.69, 9.17) is 9.15 Å². The number of nitro groups is 1. The van der Waals surface area contributed by atoms with Crippen molar-refractivity contribution >= 4 is 17.8 Å². The monoisotopic (exact) mass is 379 g/mol. The van der Waals surface area contributed by atoms with Crippen molar-refractivity contribution in [2.75, 3.05) is 7.11 Å². The van der Waals surface area contributed by atoms with Crippen LogP contribution < -0.4 is 10.2 Å². The Balaban J connectivity index is 1.67. The number of nitrogens with zero attached hydrogens (tertiary/aromatic N) is 2. The summed E-state index contributed by atoms with van der Waals surface area (Å²) in [5, 5.41) is 14.7. The molecule has 1 heterocycles. The maximum Gasteiger partial charge on any atom is 0.271 e. The number of carbonyl (C=O) groups is 1. The number of methoxy groups -OCH3 is 1. The van der Waals surface area contributed by atoms with Gasteiger partial charge in [-0.1, -0.05) is 0 Å². The number of non-ortho nitro benzene ring substituents is 1. The summed E-state index contributed by atoms with van der Waals surface area (Å²) in [6.07, 6.45) is 1.38. The molecule has 28 heavy (non-hydrogen) atoms. The zero-order chi connectivity index (χ0) is 20.1. The third-order valence-corrected chi connectivity index (χ3v) is 4.02. The first-order valence-corrected chi connectivity index (χ1v) is 8.30. The van der Waals surface area contributed by atoms with Crippen LogP contribution in [0.25, 0.3) is 11.3 Å². The molecule has 1 aromatic heterocycles. The second-order valence-electron chi connectivity index (χ2n) is 5.89. The molecule has 1 N–H and O–H groups in total. The average Bonchev–Trinajstić information content (AvgIpc) is 3.16. The number of amides is 1. The fourth-order valence-electron chi connectivity index (χ4n) is 2.57. The highest BCUT2D eigenvalue weighted by Gasteiger charge is 2.12. The number of rotatable bonds is 6. The Hall–Kier alpha value is -3.94. The van der Waals surface area contributed by atoms with Gasteiger partial charge in [0.05, 0.1) is 18.2 Å². The minimum atomic E-state index is -0.442. The quantitative estimate of drug-likeness (QED) is 0.397. The summed E-state index contributed by atoms with van der Waals surface area (Å²) in [6.45, 7) is 1.77. The lowest BCUT2D eigenvalue weighted by Crippen LogP contribution is -2.17. The number of nitrogens with one attached hydrogen (secondary N) is 1.